The fraction of sp³-hybridized carbons (Fsp3) is 0.321. The van der Waals surface area contributed by atoms with E-state index < -0.39 is 0 Å². The van der Waals surface area contributed by atoms with Gasteiger partial charge >= 0.3 is 0 Å². The molecule has 2 aliphatic rings. The first-order chi connectivity index (χ1) is 17.8. The third-order valence-electron chi connectivity index (χ3n) is 6.39. The lowest BCUT2D eigenvalue weighted by Gasteiger charge is -2.24. The van der Waals surface area contributed by atoms with Gasteiger partial charge in [0.2, 0.25) is 0 Å². The molecule has 9 heteroatoms. The largest absolute Gasteiger partial charge is 0.383 e. The van der Waals surface area contributed by atoms with Gasteiger partial charge in [-0.25, -0.2) is 0 Å². The molecule has 8 nitrogen and oxygen atoms in total. The molecule has 0 saturated heterocycles. The zero-order valence-electron chi connectivity index (χ0n) is 21.1. The zero-order valence-corrected chi connectivity index (χ0v) is 21.8. The first-order valence-electron chi connectivity index (χ1n) is 12.3. The fourth-order valence-electron chi connectivity index (χ4n) is 4.34. The van der Waals surface area contributed by atoms with Crippen molar-refractivity contribution in [2.75, 3.05) is 17.2 Å². The van der Waals surface area contributed by atoms with Crippen LogP contribution >= 0.6 is 11.6 Å². The maximum absolute atomic E-state index is 9.98. The molecule has 3 aromatic rings. The van der Waals surface area contributed by atoms with E-state index in [1.807, 2.05) is 30.3 Å². The number of benzene rings is 2. The molecule has 1 aromatic heterocycles. The van der Waals surface area contributed by atoms with Crippen LogP contribution in [-0.2, 0) is 0 Å². The second kappa shape index (κ2) is 9.82. The minimum Gasteiger partial charge on any atom is -0.383 e. The maximum Gasteiger partial charge on any atom is 0.103 e. The average molecular weight is 513 g/mol. The van der Waals surface area contributed by atoms with Crippen LogP contribution < -0.4 is 21.6 Å². The van der Waals surface area contributed by atoms with Crippen molar-refractivity contribution in [2.24, 2.45) is 5.41 Å². The van der Waals surface area contributed by atoms with E-state index in [-0.39, 0.29) is 11.5 Å². The van der Waals surface area contributed by atoms with Gasteiger partial charge < -0.3 is 16.1 Å². The molecule has 188 valence electrons. The molecular formula is C28H29ClN8. The number of halogens is 1. The Bertz CT molecular complexity index is 1460. The topological polar surface area (TPSA) is 112 Å². The van der Waals surface area contributed by atoms with Crippen molar-refractivity contribution >= 4 is 33.9 Å². The smallest absolute Gasteiger partial charge is 0.103 e. The predicted octanol–water partition coefficient (Wildman–Crippen LogP) is 5.57. The minimum absolute atomic E-state index is 0.00750. The Morgan fingerprint density at radius 3 is 2.59 bits per heavy atom. The third-order valence-corrected chi connectivity index (χ3v) is 6.74. The van der Waals surface area contributed by atoms with Crippen molar-refractivity contribution in [1.82, 2.24) is 21.0 Å². The molecule has 1 fully saturated rings. The van der Waals surface area contributed by atoms with E-state index in [0.717, 1.165) is 29.8 Å². The lowest BCUT2D eigenvalue weighted by atomic mass is 9.96. The Morgan fingerprint density at radius 2 is 1.92 bits per heavy atom. The Labute approximate surface area is 221 Å². The van der Waals surface area contributed by atoms with Gasteiger partial charge in [-0.1, -0.05) is 50.6 Å². The number of fused-ring (bicyclic) bond motifs is 1. The summed E-state index contributed by atoms with van der Waals surface area (Å²) in [5.41, 5.74) is 11.1. The van der Waals surface area contributed by atoms with Gasteiger partial charge in [0.05, 0.1) is 34.1 Å². The van der Waals surface area contributed by atoms with E-state index in [9.17, 15) is 10.5 Å². The fourth-order valence-corrected chi connectivity index (χ4v) is 4.58. The van der Waals surface area contributed by atoms with Crippen LogP contribution in [0.25, 0.3) is 10.9 Å². The van der Waals surface area contributed by atoms with Crippen molar-refractivity contribution in [3.05, 3.63) is 76.2 Å². The van der Waals surface area contributed by atoms with Gasteiger partial charge in [-0.05, 0) is 42.0 Å². The van der Waals surface area contributed by atoms with Crippen LogP contribution in [0, 0.1) is 28.1 Å². The van der Waals surface area contributed by atoms with Gasteiger partial charge in [-0.3, -0.25) is 9.99 Å². The molecule has 0 radical (unpaired) electrons. The minimum atomic E-state index is -0.313. The summed E-state index contributed by atoms with van der Waals surface area (Å²) in [4.78, 5) is 4.46. The summed E-state index contributed by atoms with van der Waals surface area (Å²) >= 11 is 6.64. The summed E-state index contributed by atoms with van der Waals surface area (Å²) in [5.74, 6) is 0. The summed E-state index contributed by atoms with van der Waals surface area (Å²) in [6, 6.07) is 16.1. The van der Waals surface area contributed by atoms with Crippen LogP contribution in [0.5, 0.6) is 0 Å². The molecule has 1 atom stereocenters. The molecule has 1 saturated carbocycles. The number of anilines is 2. The van der Waals surface area contributed by atoms with Gasteiger partial charge in [-0.15, -0.1) is 5.53 Å². The Balaban J connectivity index is 1.60. The molecule has 1 aliphatic heterocycles. The van der Waals surface area contributed by atoms with E-state index in [1.165, 1.54) is 6.20 Å². The summed E-state index contributed by atoms with van der Waals surface area (Å²) in [5, 5.41) is 30.2. The zero-order chi connectivity index (χ0) is 26.2. The lowest BCUT2D eigenvalue weighted by Crippen LogP contribution is -2.38. The monoisotopic (exact) mass is 512 g/mol. The Kier molecular flexibility index (Phi) is 6.55. The molecule has 1 aliphatic carbocycles. The number of nitrogens with zero attached hydrogens (tertiary/aromatic N) is 4. The van der Waals surface area contributed by atoms with Crippen molar-refractivity contribution in [3.63, 3.8) is 0 Å². The summed E-state index contributed by atoms with van der Waals surface area (Å²) < 4.78 is 0. The standard InChI is InChI=1S/C28H29ClN8/c1-28(2,3)16-33-26-18(13-31)14-32-25-17(12-30)10-19(11-22(25)26)34-27(21-6-4-5-7-23(21)29)24-15-37(36-35-24)20-8-9-20/h4-7,10-11,14-15,20,27,34-36H,8-9,16H2,1-3H3,(H,32,33)/t27-/m0/s1. The van der Waals surface area contributed by atoms with E-state index in [2.05, 4.69) is 70.7 Å². The Hall–Kier alpha value is -3.98. The molecule has 37 heavy (non-hydrogen) atoms. The van der Waals surface area contributed by atoms with E-state index in [1.54, 1.807) is 6.07 Å². The number of rotatable bonds is 7. The molecule has 0 unspecified atom stereocenters. The number of hydrogen-bond donors (Lipinski definition) is 4. The molecule has 4 N–H and O–H groups in total. The SMILES string of the molecule is CC(C)(C)CNc1c(C#N)cnc2c(C#N)cc(N[C@H](C3=CN(C4CC4)NN3)c3ccccc3Cl)cc12. The lowest BCUT2D eigenvalue weighted by molar-refractivity contribution is 0.260. The quantitative estimate of drug-likeness (QED) is 0.325. The molecule has 2 aromatic carbocycles. The molecule has 0 amide bonds. The highest BCUT2D eigenvalue weighted by atomic mass is 35.5. The average Bonchev–Trinajstić information content (AvgIpc) is 3.61. The molecular weight excluding hydrogens is 484 g/mol. The van der Waals surface area contributed by atoms with E-state index in [0.29, 0.717) is 45.3 Å². The highest BCUT2D eigenvalue weighted by Crippen LogP contribution is 2.37. The molecule has 2 heterocycles. The van der Waals surface area contributed by atoms with Gasteiger partial charge in [0.25, 0.3) is 0 Å². The Morgan fingerprint density at radius 1 is 1.16 bits per heavy atom. The summed E-state index contributed by atoms with van der Waals surface area (Å²) in [6.07, 6.45) is 5.89. The number of hydrogen-bond acceptors (Lipinski definition) is 8. The van der Waals surface area contributed by atoms with Crippen LogP contribution in [0.4, 0.5) is 11.4 Å². The second-order valence-corrected chi connectivity index (χ2v) is 11.1. The van der Waals surface area contributed by atoms with E-state index in [4.69, 9.17) is 11.6 Å². The third kappa shape index (κ3) is 5.27. The highest BCUT2D eigenvalue weighted by Gasteiger charge is 2.32. The van der Waals surface area contributed by atoms with Crippen molar-refractivity contribution in [3.8, 4) is 12.1 Å². The van der Waals surface area contributed by atoms with Crippen LogP contribution in [0.15, 0.2) is 54.5 Å². The van der Waals surface area contributed by atoms with Crippen molar-refractivity contribution < 1.29 is 0 Å². The number of pyridine rings is 1. The van der Waals surface area contributed by atoms with Crippen LogP contribution in [0.2, 0.25) is 5.02 Å². The first kappa shape index (κ1) is 24.7. The van der Waals surface area contributed by atoms with Gasteiger partial charge in [0.15, 0.2) is 0 Å². The highest BCUT2D eigenvalue weighted by molar-refractivity contribution is 6.31. The second-order valence-electron chi connectivity index (χ2n) is 10.7. The summed E-state index contributed by atoms with van der Waals surface area (Å²) in [7, 11) is 0. The molecule has 0 spiro atoms. The van der Waals surface area contributed by atoms with Crippen molar-refractivity contribution in [1.29, 1.82) is 10.5 Å². The van der Waals surface area contributed by atoms with Gasteiger partial charge in [0.1, 0.15) is 12.1 Å². The van der Waals surface area contributed by atoms with Crippen molar-refractivity contribution in [2.45, 2.75) is 45.7 Å². The van der Waals surface area contributed by atoms with Crippen LogP contribution in [0.3, 0.4) is 0 Å². The first-order valence-corrected chi connectivity index (χ1v) is 12.7. The van der Waals surface area contributed by atoms with Gasteiger partial charge in [0, 0.05) is 41.1 Å². The molecule has 5 rings (SSSR count). The summed E-state index contributed by atoms with van der Waals surface area (Å²) in [6.45, 7) is 7.03. The number of nitrogens with one attached hydrogen (secondary N) is 4. The molecule has 0 bridgehead atoms. The van der Waals surface area contributed by atoms with E-state index >= 15 is 0 Å². The maximum atomic E-state index is 9.98. The van der Waals surface area contributed by atoms with Gasteiger partial charge in [-0.2, -0.15) is 10.5 Å². The number of nitriles is 2. The van der Waals surface area contributed by atoms with Crippen LogP contribution in [-0.4, -0.2) is 22.6 Å². The number of aromatic nitrogens is 1. The number of hydrazine groups is 2. The van der Waals surface area contributed by atoms with Crippen LogP contribution in [0.1, 0.15) is 56.3 Å². The predicted molar refractivity (Wildman–Crippen MR) is 146 cm³/mol. The normalized spacial score (nSPS) is 15.9.